The Bertz CT molecular complexity index is 968. The summed E-state index contributed by atoms with van der Waals surface area (Å²) in [6.45, 7) is 2.89. The second-order valence-electron chi connectivity index (χ2n) is 7.59. The highest BCUT2D eigenvalue weighted by Gasteiger charge is 2.33. The van der Waals surface area contributed by atoms with E-state index in [9.17, 15) is 14.7 Å². The Balaban J connectivity index is 0.00000225. The molecular weight excluding hydrogens is 382 g/mol. The normalized spacial score (nSPS) is 20.1. The van der Waals surface area contributed by atoms with Crippen molar-refractivity contribution in [3.63, 3.8) is 0 Å². The van der Waals surface area contributed by atoms with Crippen LogP contribution in [0.25, 0.3) is 10.9 Å². The number of carboxylic acids is 1. The first-order valence-corrected chi connectivity index (χ1v) is 9.45. The maximum Gasteiger partial charge on any atom is 0.341 e. The molecule has 28 heavy (non-hydrogen) atoms. The van der Waals surface area contributed by atoms with Crippen LogP contribution in [0.1, 0.15) is 49.0 Å². The van der Waals surface area contributed by atoms with Crippen LogP contribution in [0.3, 0.4) is 0 Å². The number of aromatic carboxylic acids is 1. The molecule has 1 saturated heterocycles. The first kappa shape index (κ1) is 20.5. The van der Waals surface area contributed by atoms with Gasteiger partial charge in [0.1, 0.15) is 5.56 Å². The number of carbonyl (C=O) groups is 1. The quantitative estimate of drug-likeness (QED) is 0.790. The van der Waals surface area contributed by atoms with Gasteiger partial charge in [-0.1, -0.05) is 0 Å². The fourth-order valence-corrected chi connectivity index (χ4v) is 4.27. The van der Waals surface area contributed by atoms with Gasteiger partial charge in [-0.3, -0.25) is 4.79 Å². The predicted molar refractivity (Wildman–Crippen MR) is 111 cm³/mol. The van der Waals surface area contributed by atoms with Crippen LogP contribution in [0.5, 0.6) is 5.75 Å². The molecule has 1 saturated carbocycles. The minimum Gasteiger partial charge on any atom is -0.492 e. The number of halogens is 1. The summed E-state index contributed by atoms with van der Waals surface area (Å²) in [6, 6.07) is 4.05. The smallest absolute Gasteiger partial charge is 0.341 e. The number of hydrogen-bond acceptors (Lipinski definition) is 5. The number of fused-ring (bicyclic) bond motifs is 1. The van der Waals surface area contributed by atoms with E-state index in [0.717, 1.165) is 37.9 Å². The lowest BCUT2D eigenvalue weighted by Gasteiger charge is -2.31. The van der Waals surface area contributed by atoms with E-state index < -0.39 is 11.4 Å². The van der Waals surface area contributed by atoms with E-state index >= 15 is 0 Å². The number of benzene rings is 1. The van der Waals surface area contributed by atoms with Crippen LogP contribution in [0.2, 0.25) is 0 Å². The molecule has 2 atom stereocenters. The number of methoxy groups -OCH3 is 1. The second-order valence-corrected chi connectivity index (χ2v) is 7.59. The van der Waals surface area contributed by atoms with Crippen LogP contribution in [0.4, 0.5) is 5.69 Å². The van der Waals surface area contributed by atoms with Crippen LogP contribution in [-0.4, -0.2) is 41.4 Å². The molecule has 1 aromatic carbocycles. The number of rotatable bonds is 5. The summed E-state index contributed by atoms with van der Waals surface area (Å²) in [6.07, 6.45) is 5.49. The van der Waals surface area contributed by atoms with Gasteiger partial charge in [-0.25, -0.2) is 4.79 Å². The molecule has 2 heterocycles. The molecule has 0 spiro atoms. The molecule has 1 unspecified atom stereocenters. The van der Waals surface area contributed by atoms with Crippen LogP contribution >= 0.6 is 12.4 Å². The highest BCUT2D eigenvalue weighted by molar-refractivity contribution is 5.97. The Morgan fingerprint density at radius 3 is 2.61 bits per heavy atom. The Labute approximate surface area is 169 Å². The number of nitrogens with two attached hydrogens (primary N) is 1. The molecule has 0 bridgehead atoms. The minimum absolute atomic E-state index is 0. The van der Waals surface area contributed by atoms with Gasteiger partial charge in [0, 0.05) is 30.9 Å². The zero-order valence-electron chi connectivity index (χ0n) is 16.1. The third-order valence-corrected chi connectivity index (χ3v) is 5.72. The van der Waals surface area contributed by atoms with Crippen molar-refractivity contribution in [3.8, 4) is 5.75 Å². The van der Waals surface area contributed by atoms with Crippen LogP contribution < -0.4 is 20.8 Å². The molecule has 7 nitrogen and oxygen atoms in total. The summed E-state index contributed by atoms with van der Waals surface area (Å²) in [5.41, 5.74) is 7.13. The monoisotopic (exact) mass is 407 g/mol. The summed E-state index contributed by atoms with van der Waals surface area (Å²) in [7, 11) is 1.60. The standard InChI is InChI=1S/C20H25N3O4.ClH/c1-11(21)15-4-3-9-22(15)16-8-7-13-17(19(16)27-2)23(12-5-6-12)10-14(18(13)24)20(25)26;/h7-8,10-12,15H,3-6,9,21H2,1-2H3,(H,25,26);1H/t11-,15?;/m0./s1. The summed E-state index contributed by atoms with van der Waals surface area (Å²) in [5.74, 6) is -0.572. The molecule has 8 heteroatoms. The fraction of sp³-hybridized carbons (Fsp3) is 0.500. The van der Waals surface area contributed by atoms with E-state index in [2.05, 4.69) is 4.90 Å². The van der Waals surface area contributed by atoms with Gasteiger partial charge in [-0.15, -0.1) is 12.4 Å². The SMILES string of the molecule is COc1c(N2CCCC2[C@H](C)N)ccc2c(=O)c(C(=O)O)cn(C3CC3)c12.Cl. The van der Waals surface area contributed by atoms with Gasteiger partial charge >= 0.3 is 5.97 Å². The van der Waals surface area contributed by atoms with Gasteiger partial charge in [0.2, 0.25) is 5.43 Å². The Morgan fingerprint density at radius 2 is 2.04 bits per heavy atom. The molecule has 1 aliphatic carbocycles. The summed E-state index contributed by atoms with van der Waals surface area (Å²) >= 11 is 0. The van der Waals surface area contributed by atoms with Crippen molar-refractivity contribution in [3.05, 3.63) is 34.1 Å². The third-order valence-electron chi connectivity index (χ3n) is 5.72. The van der Waals surface area contributed by atoms with E-state index in [0.29, 0.717) is 16.7 Å². The van der Waals surface area contributed by atoms with E-state index in [1.165, 1.54) is 6.20 Å². The van der Waals surface area contributed by atoms with Gasteiger partial charge in [-0.05, 0) is 44.7 Å². The van der Waals surface area contributed by atoms with E-state index in [-0.39, 0.29) is 36.1 Å². The molecule has 2 aliphatic rings. The lowest BCUT2D eigenvalue weighted by molar-refractivity contribution is 0.0695. The highest BCUT2D eigenvalue weighted by atomic mass is 35.5. The van der Waals surface area contributed by atoms with Crippen molar-refractivity contribution < 1.29 is 14.6 Å². The number of hydrogen-bond donors (Lipinski definition) is 2. The number of aromatic nitrogens is 1. The molecule has 3 N–H and O–H groups in total. The van der Waals surface area contributed by atoms with Gasteiger partial charge in [0.25, 0.3) is 0 Å². The van der Waals surface area contributed by atoms with Gasteiger partial charge < -0.3 is 25.0 Å². The summed E-state index contributed by atoms with van der Waals surface area (Å²) in [5, 5.41) is 9.82. The number of ether oxygens (including phenoxy) is 1. The highest BCUT2D eigenvalue weighted by Crippen LogP contribution is 2.43. The first-order chi connectivity index (χ1) is 12.9. The van der Waals surface area contributed by atoms with Gasteiger partial charge in [0.05, 0.1) is 23.7 Å². The molecule has 0 amide bonds. The number of carboxylic acid groups (broad SMARTS) is 1. The van der Waals surface area contributed by atoms with Crippen LogP contribution in [0, 0.1) is 0 Å². The third kappa shape index (κ3) is 3.22. The zero-order valence-corrected chi connectivity index (χ0v) is 16.9. The Morgan fingerprint density at radius 1 is 1.32 bits per heavy atom. The van der Waals surface area contributed by atoms with Crippen LogP contribution in [-0.2, 0) is 0 Å². The van der Waals surface area contributed by atoms with Crippen LogP contribution in [0.15, 0.2) is 23.1 Å². The van der Waals surface area contributed by atoms with E-state index in [1.807, 2.05) is 17.6 Å². The average molecular weight is 408 g/mol. The maximum absolute atomic E-state index is 12.8. The van der Waals surface area contributed by atoms with Gasteiger partial charge in [-0.2, -0.15) is 0 Å². The second kappa shape index (κ2) is 7.64. The minimum atomic E-state index is -1.20. The molecule has 2 aromatic rings. The van der Waals surface area contributed by atoms with E-state index in [4.69, 9.17) is 10.5 Å². The number of pyridine rings is 1. The number of anilines is 1. The van der Waals surface area contributed by atoms with E-state index in [1.54, 1.807) is 13.2 Å². The molecule has 2 fully saturated rings. The van der Waals surface area contributed by atoms with Crippen molar-refractivity contribution in [1.82, 2.24) is 4.57 Å². The molecule has 0 radical (unpaired) electrons. The molecule has 1 aromatic heterocycles. The lowest BCUT2D eigenvalue weighted by atomic mass is 10.1. The first-order valence-electron chi connectivity index (χ1n) is 9.45. The molecular formula is C20H26ClN3O4. The lowest BCUT2D eigenvalue weighted by Crippen LogP contribution is -2.42. The predicted octanol–water partition coefficient (Wildman–Crippen LogP) is 2.78. The number of nitrogens with zero attached hydrogens (tertiary/aromatic N) is 2. The van der Waals surface area contributed by atoms with Crippen molar-refractivity contribution in [2.24, 2.45) is 5.73 Å². The average Bonchev–Trinajstić information content (AvgIpc) is 3.36. The fourth-order valence-electron chi connectivity index (χ4n) is 4.27. The Hall–Kier alpha value is -2.25. The molecule has 1 aliphatic heterocycles. The largest absolute Gasteiger partial charge is 0.492 e. The topological polar surface area (TPSA) is 97.8 Å². The van der Waals surface area contributed by atoms with Gasteiger partial charge in [0.15, 0.2) is 5.75 Å². The van der Waals surface area contributed by atoms with Crippen molar-refractivity contribution in [2.75, 3.05) is 18.6 Å². The molecule has 152 valence electrons. The maximum atomic E-state index is 12.8. The van der Waals surface area contributed by atoms with Crippen molar-refractivity contribution in [1.29, 1.82) is 0 Å². The Kier molecular flexibility index (Phi) is 5.59. The van der Waals surface area contributed by atoms with Crippen molar-refractivity contribution in [2.45, 2.75) is 50.7 Å². The summed E-state index contributed by atoms with van der Waals surface area (Å²) < 4.78 is 7.70. The molecule has 4 rings (SSSR count). The summed E-state index contributed by atoms with van der Waals surface area (Å²) in [4.78, 5) is 26.6. The zero-order chi connectivity index (χ0) is 19.3. The van der Waals surface area contributed by atoms with Crippen molar-refractivity contribution >= 4 is 35.0 Å².